The average Bonchev–Trinajstić information content (AvgIpc) is 2.31. The smallest absolute Gasteiger partial charge is 0.127 e. The van der Waals surface area contributed by atoms with Crippen molar-refractivity contribution in [2.45, 2.75) is 6.54 Å². The van der Waals surface area contributed by atoms with Gasteiger partial charge in [-0.25, -0.2) is 4.39 Å². The third-order valence-electron chi connectivity index (χ3n) is 2.44. The van der Waals surface area contributed by atoms with E-state index in [1.165, 1.54) is 6.07 Å². The lowest BCUT2D eigenvalue weighted by Gasteiger charge is -2.05. The fourth-order valence-corrected chi connectivity index (χ4v) is 1.68. The summed E-state index contributed by atoms with van der Waals surface area (Å²) in [6.07, 6.45) is 0. The molecule has 0 saturated carbocycles. The molecule has 0 bridgehead atoms. The molecule has 0 saturated heterocycles. The number of benzene rings is 2. The summed E-state index contributed by atoms with van der Waals surface area (Å²) >= 11 is 5.80. The monoisotopic (exact) mass is 235 g/mol. The van der Waals surface area contributed by atoms with Crippen LogP contribution in [0.15, 0.2) is 42.5 Å². The molecule has 1 nitrogen and oxygen atoms in total. The summed E-state index contributed by atoms with van der Waals surface area (Å²) in [5, 5.41) is 0.685. The zero-order valence-corrected chi connectivity index (χ0v) is 9.34. The van der Waals surface area contributed by atoms with Crippen molar-refractivity contribution < 1.29 is 4.39 Å². The fraction of sp³-hybridized carbons (Fsp3) is 0.0769. The van der Waals surface area contributed by atoms with Crippen LogP contribution in [0.1, 0.15) is 5.56 Å². The highest BCUT2D eigenvalue weighted by molar-refractivity contribution is 6.30. The first-order chi connectivity index (χ1) is 7.70. The zero-order valence-electron chi connectivity index (χ0n) is 8.58. The van der Waals surface area contributed by atoms with Gasteiger partial charge in [0, 0.05) is 17.1 Å². The maximum Gasteiger partial charge on any atom is 0.127 e. The van der Waals surface area contributed by atoms with E-state index in [4.69, 9.17) is 17.3 Å². The first-order valence-corrected chi connectivity index (χ1v) is 5.33. The number of rotatable bonds is 2. The lowest BCUT2D eigenvalue weighted by molar-refractivity contribution is 0.611. The van der Waals surface area contributed by atoms with Gasteiger partial charge in [-0.1, -0.05) is 29.8 Å². The van der Waals surface area contributed by atoms with Crippen LogP contribution in [0, 0.1) is 5.82 Å². The van der Waals surface area contributed by atoms with E-state index in [0.29, 0.717) is 10.6 Å². The molecule has 0 aliphatic heterocycles. The largest absolute Gasteiger partial charge is 0.326 e. The minimum absolute atomic E-state index is 0.202. The third-order valence-corrected chi connectivity index (χ3v) is 2.70. The minimum atomic E-state index is -0.264. The molecule has 0 fully saturated rings. The van der Waals surface area contributed by atoms with Crippen molar-refractivity contribution in [3.63, 3.8) is 0 Å². The Balaban J connectivity index is 2.44. The van der Waals surface area contributed by atoms with E-state index in [2.05, 4.69) is 0 Å². The van der Waals surface area contributed by atoms with Crippen molar-refractivity contribution in [2.24, 2.45) is 5.73 Å². The molecule has 16 heavy (non-hydrogen) atoms. The highest BCUT2D eigenvalue weighted by Gasteiger charge is 2.03. The molecule has 2 aromatic rings. The van der Waals surface area contributed by atoms with Gasteiger partial charge in [-0.2, -0.15) is 0 Å². The molecule has 0 heterocycles. The van der Waals surface area contributed by atoms with Gasteiger partial charge in [-0.05, 0) is 35.4 Å². The van der Waals surface area contributed by atoms with Crippen LogP contribution in [-0.2, 0) is 6.54 Å². The van der Waals surface area contributed by atoms with E-state index in [1.54, 1.807) is 12.1 Å². The molecule has 82 valence electrons. The van der Waals surface area contributed by atoms with Crippen molar-refractivity contribution in [3.8, 4) is 11.1 Å². The van der Waals surface area contributed by atoms with Gasteiger partial charge in [0.05, 0.1) is 0 Å². The van der Waals surface area contributed by atoms with Crippen molar-refractivity contribution >= 4 is 11.6 Å². The molecule has 0 unspecified atom stereocenters. The molecule has 2 rings (SSSR count). The van der Waals surface area contributed by atoms with Crippen LogP contribution >= 0.6 is 11.6 Å². The van der Waals surface area contributed by atoms with E-state index in [-0.39, 0.29) is 12.4 Å². The summed E-state index contributed by atoms with van der Waals surface area (Å²) < 4.78 is 13.2. The first kappa shape index (κ1) is 11.1. The van der Waals surface area contributed by atoms with Gasteiger partial charge in [-0.15, -0.1) is 0 Å². The molecule has 0 spiro atoms. The van der Waals surface area contributed by atoms with E-state index < -0.39 is 0 Å². The van der Waals surface area contributed by atoms with Crippen LogP contribution in [0.2, 0.25) is 5.02 Å². The maximum atomic E-state index is 13.2. The summed E-state index contributed by atoms with van der Waals surface area (Å²) in [4.78, 5) is 0. The summed E-state index contributed by atoms with van der Waals surface area (Å²) in [5.41, 5.74) is 7.92. The van der Waals surface area contributed by atoms with Crippen molar-refractivity contribution in [1.29, 1.82) is 0 Å². The molecule has 0 atom stereocenters. The molecule has 3 heteroatoms. The lowest BCUT2D eigenvalue weighted by Crippen LogP contribution is -1.99. The standard InChI is InChI=1S/C13H11ClFN/c14-12-4-1-9(2-5-12)10-3-6-13(15)11(7-10)8-16/h1-7H,8,16H2. The molecule has 2 N–H and O–H groups in total. The summed E-state index contributed by atoms with van der Waals surface area (Å²) in [7, 11) is 0. The zero-order chi connectivity index (χ0) is 11.5. The van der Waals surface area contributed by atoms with Crippen LogP contribution in [0.4, 0.5) is 4.39 Å². The summed E-state index contributed by atoms with van der Waals surface area (Å²) in [6.45, 7) is 0.202. The van der Waals surface area contributed by atoms with Gasteiger partial charge in [0.25, 0.3) is 0 Å². The predicted molar refractivity (Wildman–Crippen MR) is 64.7 cm³/mol. The Hall–Kier alpha value is -1.38. The van der Waals surface area contributed by atoms with Crippen LogP contribution < -0.4 is 5.73 Å². The quantitative estimate of drug-likeness (QED) is 0.846. The highest BCUT2D eigenvalue weighted by Crippen LogP contribution is 2.23. The molecule has 0 aliphatic carbocycles. The van der Waals surface area contributed by atoms with Gasteiger partial charge < -0.3 is 5.73 Å². The van der Waals surface area contributed by atoms with E-state index >= 15 is 0 Å². The van der Waals surface area contributed by atoms with Crippen LogP contribution in [-0.4, -0.2) is 0 Å². The normalized spacial score (nSPS) is 10.4. The topological polar surface area (TPSA) is 26.0 Å². The molecule has 0 amide bonds. The highest BCUT2D eigenvalue weighted by atomic mass is 35.5. The van der Waals surface area contributed by atoms with Crippen LogP contribution in [0.25, 0.3) is 11.1 Å². The Morgan fingerprint density at radius 1 is 1.00 bits per heavy atom. The van der Waals surface area contributed by atoms with Gasteiger partial charge in [0.2, 0.25) is 0 Å². The Morgan fingerprint density at radius 2 is 1.62 bits per heavy atom. The number of halogens is 2. The van der Waals surface area contributed by atoms with E-state index in [1.807, 2.05) is 24.3 Å². The van der Waals surface area contributed by atoms with Crippen molar-refractivity contribution in [1.82, 2.24) is 0 Å². The SMILES string of the molecule is NCc1cc(-c2ccc(Cl)cc2)ccc1F. The van der Waals surface area contributed by atoms with Crippen LogP contribution in [0.3, 0.4) is 0 Å². The second-order valence-corrected chi connectivity index (χ2v) is 3.95. The molecular weight excluding hydrogens is 225 g/mol. The average molecular weight is 236 g/mol. The second-order valence-electron chi connectivity index (χ2n) is 3.52. The molecule has 0 radical (unpaired) electrons. The summed E-state index contributed by atoms with van der Waals surface area (Å²) in [5.74, 6) is -0.264. The number of hydrogen-bond acceptors (Lipinski definition) is 1. The Morgan fingerprint density at radius 3 is 2.25 bits per heavy atom. The number of hydrogen-bond donors (Lipinski definition) is 1. The molecule has 0 aliphatic rings. The fourth-order valence-electron chi connectivity index (χ4n) is 1.55. The minimum Gasteiger partial charge on any atom is -0.326 e. The van der Waals surface area contributed by atoms with Gasteiger partial charge >= 0.3 is 0 Å². The maximum absolute atomic E-state index is 13.2. The van der Waals surface area contributed by atoms with Crippen molar-refractivity contribution in [2.75, 3.05) is 0 Å². The van der Waals surface area contributed by atoms with Gasteiger partial charge in [-0.3, -0.25) is 0 Å². The molecule has 2 aromatic carbocycles. The molecular formula is C13H11ClFN. The van der Waals surface area contributed by atoms with Crippen LogP contribution in [0.5, 0.6) is 0 Å². The summed E-state index contributed by atoms with van der Waals surface area (Å²) in [6, 6.07) is 12.3. The Labute approximate surface area is 98.7 Å². The second kappa shape index (κ2) is 4.64. The first-order valence-electron chi connectivity index (χ1n) is 4.95. The van der Waals surface area contributed by atoms with Gasteiger partial charge in [0.1, 0.15) is 5.82 Å². The molecule has 0 aromatic heterocycles. The lowest BCUT2D eigenvalue weighted by atomic mass is 10.0. The third kappa shape index (κ3) is 2.23. The van der Waals surface area contributed by atoms with E-state index in [0.717, 1.165) is 11.1 Å². The van der Waals surface area contributed by atoms with Crippen molar-refractivity contribution in [3.05, 3.63) is 58.9 Å². The van der Waals surface area contributed by atoms with E-state index in [9.17, 15) is 4.39 Å². The number of nitrogens with two attached hydrogens (primary N) is 1. The Bertz CT molecular complexity index is 494. The predicted octanol–water partition coefficient (Wildman–Crippen LogP) is 3.60. The Kier molecular flexibility index (Phi) is 3.22. The van der Waals surface area contributed by atoms with Gasteiger partial charge in [0.15, 0.2) is 0 Å².